The summed E-state index contributed by atoms with van der Waals surface area (Å²) in [5.74, 6) is -17.0. The summed E-state index contributed by atoms with van der Waals surface area (Å²) in [6.45, 7) is 0. The summed E-state index contributed by atoms with van der Waals surface area (Å²) in [5, 5.41) is -5.07. The Morgan fingerprint density at radius 1 is 0.474 bits per heavy atom. The van der Waals surface area contributed by atoms with Gasteiger partial charge in [0.2, 0.25) is 0 Å². The van der Waals surface area contributed by atoms with Crippen LogP contribution in [0, 0.1) is 23.3 Å². The fraction of sp³-hybridized carbons (Fsp3) is 0.333. The van der Waals surface area contributed by atoms with Crippen LogP contribution in [0.1, 0.15) is 20.7 Å². The first-order valence-electron chi connectivity index (χ1n) is 8.86. The first-order valence-corrected chi connectivity index (χ1v) is 8.86. The molecule has 2 aromatic rings. The number of hydrogen-bond donors (Lipinski definition) is 0. The second kappa shape index (κ2) is 9.68. The minimum Gasteiger partial charge on any atom is -0.467 e. The monoisotopic (exact) mass is 588 g/mol. The van der Waals surface area contributed by atoms with Crippen molar-refractivity contribution in [2.45, 2.75) is 36.9 Å². The molecule has 0 bridgehead atoms. The average molecular weight is 588 g/mol. The van der Waals surface area contributed by atoms with Crippen LogP contribution in [0.5, 0.6) is 11.5 Å². The Labute approximate surface area is 196 Å². The summed E-state index contributed by atoms with van der Waals surface area (Å²) in [7, 11) is 0. The standard InChI is InChI=1S/C18H4F16O4/c19-7-3(1-35)9(21)11(37-13(15(23,24)25)16(26,27)28)6-5(7)12(10(22)4(2-36)8(6)20)38-14(17(29,30)31)18(32,33)34/h1-2,13-14H. The molecule has 0 heterocycles. The molecular weight excluding hydrogens is 584 g/mol. The highest BCUT2D eigenvalue weighted by Gasteiger charge is 2.61. The Bertz CT molecular complexity index is 1130. The molecule has 0 saturated heterocycles. The highest BCUT2D eigenvalue weighted by molar-refractivity contribution is 6.02. The lowest BCUT2D eigenvalue weighted by Crippen LogP contribution is -2.47. The van der Waals surface area contributed by atoms with Crippen molar-refractivity contribution >= 4 is 23.3 Å². The minimum atomic E-state index is -6.55. The van der Waals surface area contributed by atoms with E-state index in [0.29, 0.717) is 0 Å². The molecule has 2 aromatic carbocycles. The van der Waals surface area contributed by atoms with Crippen LogP contribution < -0.4 is 9.47 Å². The fourth-order valence-corrected chi connectivity index (χ4v) is 2.87. The molecule has 0 N–H and O–H groups in total. The number of carbonyl (C=O) groups excluding carboxylic acids is 2. The topological polar surface area (TPSA) is 52.6 Å². The maximum absolute atomic E-state index is 14.8. The number of alkyl halides is 12. The van der Waals surface area contributed by atoms with Gasteiger partial charge in [0.05, 0.1) is 21.9 Å². The van der Waals surface area contributed by atoms with E-state index >= 15 is 0 Å². The molecule has 0 atom stereocenters. The first-order chi connectivity index (χ1) is 17.0. The van der Waals surface area contributed by atoms with E-state index < -0.39 is 106 Å². The Hall–Kier alpha value is -3.48. The second-order valence-corrected chi connectivity index (χ2v) is 6.89. The molecular formula is C18H4F16O4. The van der Waals surface area contributed by atoms with Crippen molar-refractivity contribution in [3.63, 3.8) is 0 Å². The number of aldehydes is 2. The maximum atomic E-state index is 14.8. The molecule has 0 aliphatic carbocycles. The number of carbonyl (C=O) groups is 2. The molecule has 38 heavy (non-hydrogen) atoms. The van der Waals surface area contributed by atoms with Crippen LogP contribution in [0.3, 0.4) is 0 Å². The van der Waals surface area contributed by atoms with Crippen LogP contribution in [-0.2, 0) is 0 Å². The van der Waals surface area contributed by atoms with Crippen molar-refractivity contribution in [2.75, 3.05) is 0 Å². The van der Waals surface area contributed by atoms with Crippen molar-refractivity contribution < 1.29 is 89.3 Å². The van der Waals surface area contributed by atoms with E-state index in [1.165, 1.54) is 0 Å². The van der Waals surface area contributed by atoms with Gasteiger partial charge in [-0.15, -0.1) is 0 Å². The molecule has 0 spiro atoms. The molecule has 0 aliphatic heterocycles. The molecule has 0 radical (unpaired) electrons. The van der Waals surface area contributed by atoms with Crippen molar-refractivity contribution in [1.82, 2.24) is 0 Å². The third-order valence-electron chi connectivity index (χ3n) is 4.38. The van der Waals surface area contributed by atoms with Crippen LogP contribution in [0.4, 0.5) is 70.2 Å². The SMILES string of the molecule is O=Cc1c(F)c(OC(C(F)(F)F)C(F)(F)F)c2c(F)c(C=O)c(F)c(OC(C(F)(F)F)C(F)(F)F)c2c1F. The minimum absolute atomic E-state index is 1.08. The molecule has 0 saturated carbocycles. The number of ether oxygens (including phenoxy) is 2. The number of hydrogen-bond acceptors (Lipinski definition) is 4. The third kappa shape index (κ3) is 5.52. The maximum Gasteiger partial charge on any atom is 0.434 e. The van der Waals surface area contributed by atoms with E-state index in [4.69, 9.17) is 0 Å². The van der Waals surface area contributed by atoms with E-state index in [0.717, 1.165) is 0 Å². The number of benzene rings is 2. The van der Waals surface area contributed by atoms with Gasteiger partial charge in [-0.2, -0.15) is 52.7 Å². The van der Waals surface area contributed by atoms with Gasteiger partial charge in [-0.3, -0.25) is 9.59 Å². The smallest absolute Gasteiger partial charge is 0.434 e. The van der Waals surface area contributed by atoms with Crippen molar-refractivity contribution in [3.05, 3.63) is 34.4 Å². The van der Waals surface area contributed by atoms with Gasteiger partial charge in [0.15, 0.2) is 35.7 Å². The lowest BCUT2D eigenvalue weighted by atomic mass is 9.99. The van der Waals surface area contributed by atoms with Gasteiger partial charge in [0.1, 0.15) is 11.6 Å². The summed E-state index contributed by atoms with van der Waals surface area (Å²) in [5.41, 5.74) is -4.71. The lowest BCUT2D eigenvalue weighted by molar-refractivity contribution is -0.301. The number of halogens is 16. The van der Waals surface area contributed by atoms with Gasteiger partial charge < -0.3 is 9.47 Å². The summed E-state index contributed by atoms with van der Waals surface area (Å²) in [4.78, 5) is 22.1. The third-order valence-corrected chi connectivity index (χ3v) is 4.38. The van der Waals surface area contributed by atoms with Crippen LogP contribution in [0.2, 0.25) is 0 Å². The molecule has 0 unspecified atom stereocenters. The molecule has 2 rings (SSSR count). The van der Waals surface area contributed by atoms with Crippen molar-refractivity contribution in [1.29, 1.82) is 0 Å². The van der Waals surface area contributed by atoms with Gasteiger partial charge in [-0.1, -0.05) is 0 Å². The first kappa shape index (κ1) is 30.7. The van der Waals surface area contributed by atoms with E-state index in [2.05, 4.69) is 9.47 Å². The van der Waals surface area contributed by atoms with E-state index in [1.807, 2.05) is 0 Å². The average Bonchev–Trinajstić information content (AvgIpc) is 2.70. The molecule has 212 valence electrons. The molecule has 0 aliphatic rings. The second-order valence-electron chi connectivity index (χ2n) is 6.89. The zero-order chi connectivity index (χ0) is 29.8. The Kier molecular flexibility index (Phi) is 7.83. The van der Waals surface area contributed by atoms with Gasteiger partial charge in [-0.05, 0) is 0 Å². The van der Waals surface area contributed by atoms with Crippen LogP contribution in [0.15, 0.2) is 0 Å². The van der Waals surface area contributed by atoms with E-state index in [-0.39, 0.29) is 0 Å². The molecule has 0 fully saturated rings. The zero-order valence-electron chi connectivity index (χ0n) is 17.0. The Morgan fingerprint density at radius 2 is 0.711 bits per heavy atom. The highest BCUT2D eigenvalue weighted by atomic mass is 19.4. The summed E-state index contributed by atoms with van der Waals surface area (Å²) in [6.07, 6.45) is -38.6. The molecule has 20 heteroatoms. The van der Waals surface area contributed by atoms with Crippen molar-refractivity contribution in [2.24, 2.45) is 0 Å². The van der Waals surface area contributed by atoms with Gasteiger partial charge >= 0.3 is 24.7 Å². The van der Waals surface area contributed by atoms with Gasteiger partial charge in [0.25, 0.3) is 12.2 Å². The van der Waals surface area contributed by atoms with Crippen molar-refractivity contribution in [3.8, 4) is 11.5 Å². The summed E-state index contributed by atoms with van der Waals surface area (Å²) in [6, 6.07) is 0. The van der Waals surface area contributed by atoms with E-state index in [1.54, 1.807) is 0 Å². The highest BCUT2D eigenvalue weighted by Crippen LogP contribution is 2.47. The van der Waals surface area contributed by atoms with Crippen LogP contribution in [-0.4, -0.2) is 49.5 Å². The predicted molar refractivity (Wildman–Crippen MR) is 87.6 cm³/mol. The number of rotatable bonds is 6. The summed E-state index contributed by atoms with van der Waals surface area (Å²) < 4.78 is 221. The van der Waals surface area contributed by atoms with E-state index in [9.17, 15) is 79.8 Å². The molecule has 0 amide bonds. The number of fused-ring (bicyclic) bond motifs is 1. The normalized spacial score (nSPS) is 13.4. The molecule has 0 aromatic heterocycles. The lowest BCUT2D eigenvalue weighted by Gasteiger charge is -2.27. The zero-order valence-corrected chi connectivity index (χ0v) is 17.0. The Balaban J connectivity index is 3.18. The van der Waals surface area contributed by atoms with Crippen LogP contribution in [0.25, 0.3) is 10.8 Å². The largest absolute Gasteiger partial charge is 0.467 e. The fourth-order valence-electron chi connectivity index (χ4n) is 2.87. The summed E-state index contributed by atoms with van der Waals surface area (Å²) >= 11 is 0. The van der Waals surface area contributed by atoms with Gasteiger partial charge in [0, 0.05) is 0 Å². The quantitative estimate of drug-likeness (QED) is 0.277. The van der Waals surface area contributed by atoms with Gasteiger partial charge in [-0.25, -0.2) is 17.6 Å². The predicted octanol–water partition coefficient (Wildman–Crippen LogP) is 6.77. The Morgan fingerprint density at radius 3 is 0.895 bits per heavy atom. The molecule has 4 nitrogen and oxygen atoms in total. The van der Waals surface area contributed by atoms with Crippen LogP contribution >= 0.6 is 0 Å².